The number of benzene rings is 2. The number of aromatic amines is 1. The van der Waals surface area contributed by atoms with Gasteiger partial charge in [-0.1, -0.05) is 60.7 Å². The molecule has 3 aromatic heterocycles. The number of ether oxygens (including phenoxy) is 1. The third kappa shape index (κ3) is 3.20. The molecule has 0 aliphatic rings. The quantitative estimate of drug-likeness (QED) is 0.497. The summed E-state index contributed by atoms with van der Waals surface area (Å²) in [5.41, 5.74) is 3.37. The predicted molar refractivity (Wildman–Crippen MR) is 107 cm³/mol. The van der Waals surface area contributed by atoms with Crippen molar-refractivity contribution in [3.8, 4) is 28.4 Å². The van der Waals surface area contributed by atoms with E-state index >= 15 is 0 Å². The molecule has 0 bridgehead atoms. The van der Waals surface area contributed by atoms with E-state index in [1.807, 2.05) is 73.7 Å². The largest absolute Gasteiger partial charge is 0.465 e. The first-order valence-corrected chi connectivity index (χ1v) is 9.19. The van der Waals surface area contributed by atoms with Gasteiger partial charge in [0, 0.05) is 11.1 Å². The van der Waals surface area contributed by atoms with Crippen LogP contribution in [0.2, 0.25) is 0 Å². The van der Waals surface area contributed by atoms with Gasteiger partial charge in [-0.2, -0.15) is 9.61 Å². The van der Waals surface area contributed by atoms with Crippen LogP contribution >= 0.6 is 0 Å². The van der Waals surface area contributed by atoms with E-state index in [9.17, 15) is 0 Å². The first kappa shape index (κ1) is 17.1. The molecule has 1 atom stereocenters. The molecule has 1 unspecified atom stereocenters. The zero-order chi connectivity index (χ0) is 19.6. The van der Waals surface area contributed by atoms with E-state index in [4.69, 9.17) is 9.84 Å². The average Bonchev–Trinajstić information content (AvgIpc) is 3.44. The molecule has 0 aliphatic heterocycles. The molecule has 142 valence electrons. The van der Waals surface area contributed by atoms with E-state index in [-0.39, 0.29) is 6.10 Å². The Morgan fingerprint density at radius 1 is 0.931 bits per heavy atom. The number of rotatable bonds is 5. The van der Waals surface area contributed by atoms with Crippen LogP contribution in [-0.2, 0) is 0 Å². The number of hydrogen-bond acceptors (Lipinski definition) is 6. The zero-order valence-electron chi connectivity index (χ0n) is 15.6. The maximum absolute atomic E-state index is 6.18. The van der Waals surface area contributed by atoms with Crippen molar-refractivity contribution < 1.29 is 4.74 Å². The highest BCUT2D eigenvalue weighted by atomic mass is 16.5. The Morgan fingerprint density at radius 2 is 1.66 bits per heavy atom. The summed E-state index contributed by atoms with van der Waals surface area (Å²) in [5.74, 6) is 1.66. The average molecular weight is 383 g/mol. The summed E-state index contributed by atoms with van der Waals surface area (Å²) in [6.45, 7) is 1.88. The lowest BCUT2D eigenvalue weighted by atomic mass is 10.1. The van der Waals surface area contributed by atoms with Crippen molar-refractivity contribution in [2.75, 3.05) is 0 Å². The van der Waals surface area contributed by atoms with Crippen molar-refractivity contribution in [1.82, 2.24) is 35.0 Å². The van der Waals surface area contributed by atoms with Crippen LogP contribution in [0.25, 0.3) is 28.2 Å². The maximum Gasteiger partial charge on any atom is 0.240 e. The van der Waals surface area contributed by atoms with Gasteiger partial charge in [-0.15, -0.1) is 15.3 Å². The SMILES string of the molecule is CC(Oc1nn2c(-c3ccccc3)nnc2cc1-c1ccccc1)c1nc[nH]n1. The predicted octanol–water partition coefficient (Wildman–Crippen LogP) is 3.72. The molecular weight excluding hydrogens is 366 g/mol. The van der Waals surface area contributed by atoms with E-state index in [1.165, 1.54) is 6.33 Å². The molecule has 0 radical (unpaired) electrons. The maximum atomic E-state index is 6.18. The molecule has 5 aromatic rings. The van der Waals surface area contributed by atoms with Crippen LogP contribution < -0.4 is 4.74 Å². The van der Waals surface area contributed by atoms with E-state index in [2.05, 4.69) is 25.4 Å². The minimum absolute atomic E-state index is 0.384. The fraction of sp³-hybridized carbons (Fsp3) is 0.0952. The van der Waals surface area contributed by atoms with Crippen molar-refractivity contribution in [2.45, 2.75) is 13.0 Å². The van der Waals surface area contributed by atoms with Gasteiger partial charge in [0.15, 0.2) is 23.4 Å². The first-order chi connectivity index (χ1) is 14.3. The van der Waals surface area contributed by atoms with Crippen LogP contribution in [0.15, 0.2) is 73.1 Å². The fourth-order valence-electron chi connectivity index (χ4n) is 3.13. The van der Waals surface area contributed by atoms with Crippen LogP contribution in [0, 0.1) is 0 Å². The Morgan fingerprint density at radius 3 is 2.34 bits per heavy atom. The Kier molecular flexibility index (Phi) is 4.21. The number of fused-ring (bicyclic) bond motifs is 1. The molecule has 0 fully saturated rings. The molecular formula is C21H17N7O. The summed E-state index contributed by atoms with van der Waals surface area (Å²) >= 11 is 0. The molecule has 3 heterocycles. The zero-order valence-corrected chi connectivity index (χ0v) is 15.6. The molecule has 8 heteroatoms. The van der Waals surface area contributed by atoms with Gasteiger partial charge in [-0.05, 0) is 18.6 Å². The van der Waals surface area contributed by atoms with Gasteiger partial charge in [0.05, 0.1) is 0 Å². The molecule has 0 aliphatic carbocycles. The van der Waals surface area contributed by atoms with E-state index in [1.54, 1.807) is 4.52 Å². The Bertz CT molecular complexity index is 1230. The highest BCUT2D eigenvalue weighted by molar-refractivity contribution is 5.73. The smallest absolute Gasteiger partial charge is 0.240 e. The van der Waals surface area contributed by atoms with Crippen molar-refractivity contribution in [3.05, 3.63) is 78.9 Å². The summed E-state index contributed by atoms with van der Waals surface area (Å²) < 4.78 is 7.88. The van der Waals surface area contributed by atoms with E-state index < -0.39 is 0 Å². The molecule has 1 N–H and O–H groups in total. The highest BCUT2D eigenvalue weighted by Gasteiger charge is 2.19. The Labute approximate surface area is 166 Å². The summed E-state index contributed by atoms with van der Waals surface area (Å²) in [7, 11) is 0. The van der Waals surface area contributed by atoms with E-state index in [0.29, 0.717) is 23.2 Å². The Balaban J connectivity index is 1.66. The van der Waals surface area contributed by atoms with Gasteiger partial charge in [0.1, 0.15) is 6.33 Å². The summed E-state index contributed by atoms with van der Waals surface area (Å²) in [6, 6.07) is 21.7. The van der Waals surface area contributed by atoms with Crippen molar-refractivity contribution in [2.24, 2.45) is 0 Å². The number of hydrogen-bond donors (Lipinski definition) is 1. The van der Waals surface area contributed by atoms with Gasteiger partial charge in [0.25, 0.3) is 0 Å². The van der Waals surface area contributed by atoms with Crippen LogP contribution in [0.5, 0.6) is 5.88 Å². The molecule has 0 saturated carbocycles. The topological polar surface area (TPSA) is 93.9 Å². The number of nitrogens with zero attached hydrogens (tertiary/aromatic N) is 6. The second kappa shape index (κ2) is 7.16. The number of nitrogens with one attached hydrogen (secondary N) is 1. The molecule has 8 nitrogen and oxygen atoms in total. The van der Waals surface area contributed by atoms with Crippen LogP contribution in [0.1, 0.15) is 18.9 Å². The highest BCUT2D eigenvalue weighted by Crippen LogP contribution is 2.32. The lowest BCUT2D eigenvalue weighted by molar-refractivity contribution is 0.206. The van der Waals surface area contributed by atoms with Gasteiger partial charge in [0.2, 0.25) is 5.88 Å². The summed E-state index contributed by atoms with van der Waals surface area (Å²) in [4.78, 5) is 4.18. The molecule has 5 rings (SSSR count). The van der Waals surface area contributed by atoms with Gasteiger partial charge < -0.3 is 4.74 Å². The van der Waals surface area contributed by atoms with Gasteiger partial charge >= 0.3 is 0 Å². The van der Waals surface area contributed by atoms with Gasteiger partial charge in [-0.3, -0.25) is 5.10 Å². The third-order valence-electron chi connectivity index (χ3n) is 4.56. The molecule has 0 saturated heterocycles. The minimum Gasteiger partial charge on any atom is -0.465 e. The number of H-pyrrole nitrogens is 1. The lowest BCUT2D eigenvalue weighted by Crippen LogP contribution is -2.09. The normalized spacial score (nSPS) is 12.2. The molecule has 0 spiro atoms. The van der Waals surface area contributed by atoms with Crippen LogP contribution in [-0.4, -0.2) is 35.0 Å². The van der Waals surface area contributed by atoms with Crippen LogP contribution in [0.4, 0.5) is 0 Å². The fourth-order valence-corrected chi connectivity index (χ4v) is 3.13. The standard InChI is InChI=1S/C21H17N7O/c1-14(19-22-13-23-25-19)29-21-17(15-8-4-2-5-9-15)12-18-24-26-20(28(18)27-21)16-10-6-3-7-11-16/h2-14H,1H3,(H,22,23,25). The molecule has 0 amide bonds. The third-order valence-corrected chi connectivity index (χ3v) is 4.56. The lowest BCUT2D eigenvalue weighted by Gasteiger charge is -2.15. The van der Waals surface area contributed by atoms with Crippen LogP contribution in [0.3, 0.4) is 0 Å². The second-order valence-corrected chi connectivity index (χ2v) is 6.51. The first-order valence-electron chi connectivity index (χ1n) is 9.19. The van der Waals surface area contributed by atoms with E-state index in [0.717, 1.165) is 16.7 Å². The Hall–Kier alpha value is -4.07. The molecule has 2 aromatic carbocycles. The van der Waals surface area contributed by atoms with Gasteiger partial charge in [-0.25, -0.2) is 4.98 Å². The summed E-state index contributed by atoms with van der Waals surface area (Å²) in [6.07, 6.45) is 1.14. The van der Waals surface area contributed by atoms with Crippen molar-refractivity contribution in [1.29, 1.82) is 0 Å². The van der Waals surface area contributed by atoms with Crippen molar-refractivity contribution in [3.63, 3.8) is 0 Å². The summed E-state index contributed by atoms with van der Waals surface area (Å²) in [5, 5.41) is 20.2. The second-order valence-electron chi connectivity index (χ2n) is 6.51. The monoisotopic (exact) mass is 383 g/mol. The minimum atomic E-state index is -0.384. The van der Waals surface area contributed by atoms with Crippen molar-refractivity contribution >= 4 is 5.65 Å². The number of aromatic nitrogens is 7. The molecule has 29 heavy (non-hydrogen) atoms.